The summed E-state index contributed by atoms with van der Waals surface area (Å²) in [4.78, 5) is 200. The van der Waals surface area contributed by atoms with Crippen molar-refractivity contribution < 1.29 is 101 Å². The van der Waals surface area contributed by atoms with Crippen molar-refractivity contribution >= 4 is 83.6 Å². The van der Waals surface area contributed by atoms with E-state index in [2.05, 4.69) is 74.4 Å². The van der Waals surface area contributed by atoms with Crippen LogP contribution in [0, 0.1) is 5.92 Å². The van der Waals surface area contributed by atoms with Crippen LogP contribution in [0.1, 0.15) is 112 Å². The molecule has 0 unspecified atom stereocenters. The van der Waals surface area contributed by atoms with Crippen molar-refractivity contribution in [2.24, 2.45) is 5.92 Å². The molecule has 1 fully saturated rings. The monoisotopic (exact) mass is 1660 g/mol. The minimum Gasteiger partial charge on any atom is -0.445 e. The van der Waals surface area contributed by atoms with Crippen molar-refractivity contribution in [2.45, 2.75) is 185 Å². The molecule has 35 nitrogen and oxygen atoms in total. The zero-order valence-electron chi connectivity index (χ0n) is 67.3. The van der Waals surface area contributed by atoms with Gasteiger partial charge in [0.05, 0.1) is 12.2 Å². The summed E-state index contributed by atoms with van der Waals surface area (Å²) in [6, 6.07) is 36.4. The Bertz CT molecular complexity index is 4280. The summed E-state index contributed by atoms with van der Waals surface area (Å²) in [5.74, 6) is -9.79. The Balaban J connectivity index is 1.25. The van der Waals surface area contributed by atoms with Gasteiger partial charge in [-0.1, -0.05) is 196 Å². The second-order valence-electron chi connectivity index (χ2n) is 28.8. The molecule has 1 aliphatic heterocycles. The lowest BCUT2D eigenvalue weighted by Gasteiger charge is -2.29. The van der Waals surface area contributed by atoms with Gasteiger partial charge in [0.15, 0.2) is 0 Å². The fourth-order valence-electron chi connectivity index (χ4n) is 12.1. The van der Waals surface area contributed by atoms with E-state index in [4.69, 9.17) is 23.7 Å². The Labute approximate surface area is 695 Å². The van der Waals surface area contributed by atoms with Crippen LogP contribution in [0.2, 0.25) is 0 Å². The summed E-state index contributed by atoms with van der Waals surface area (Å²) in [6.07, 6.45) is -10.7. The van der Waals surface area contributed by atoms with Gasteiger partial charge in [-0.15, -0.1) is 0 Å². The van der Waals surface area contributed by atoms with Crippen molar-refractivity contribution in [3.8, 4) is 0 Å². The van der Waals surface area contributed by atoms with E-state index in [0.717, 1.165) is 0 Å². The lowest BCUT2D eigenvalue weighted by molar-refractivity contribution is -0.136. The van der Waals surface area contributed by atoms with Gasteiger partial charge < -0.3 is 108 Å². The molecule has 1 saturated heterocycles. The van der Waals surface area contributed by atoms with Crippen LogP contribution in [0.5, 0.6) is 0 Å². The Kier molecular flexibility index (Phi) is 40.0. The van der Waals surface area contributed by atoms with Crippen LogP contribution >= 0.6 is 0 Å². The number of hydrogen-bond acceptors (Lipinski definition) is 21. The van der Waals surface area contributed by atoms with Crippen LogP contribution < -0.4 is 74.4 Å². The summed E-state index contributed by atoms with van der Waals surface area (Å²) >= 11 is 0. The first-order chi connectivity index (χ1) is 57.8. The van der Waals surface area contributed by atoms with Crippen molar-refractivity contribution in [2.75, 3.05) is 32.7 Å². The number of carbonyl (C=O) groups is 14. The number of benzene rings is 6. The van der Waals surface area contributed by atoms with Crippen LogP contribution in [0.25, 0.3) is 0 Å². The molecule has 0 bridgehead atoms. The third-order valence-corrected chi connectivity index (χ3v) is 18.6. The molecule has 35 heteroatoms. The standard InChI is InChI=1S/C85H108N14O21/c1-54(2)47-68-77(107)94-64(38-43-87-81(111)116-49-58-27-13-6-14-28-58)73(103)93-67(41-46-90-84(114)119-52-61-33-19-9-20-34-61)76(106)98-70(55(3)100)79(109)86-42-24-23-37-63(72(102)92-65(39-44-88-82(112)117-50-59-29-15-7-16-30-59)75(105)97-69(78(108)96-68)48-57-25-11-5-12-26-57)91-74(104)66(40-45-89-83(113)118-51-60-31-17-8-18-32-60)95-80(110)71(56(4)101)99-85(115)120-53-62-35-21-10-22-36-62/h5-22,25-36,54-56,63-71,100-101H,23-24,37-53H2,1-4H3,(H,86,109)(H,87,111)(H,88,112)(H,89,113)(H,90,114)(H,91,104)(H,92,102)(H,93,103)(H,94,107)(H,95,110)(H,96,108)(H,97,105)(H,98,106)(H,99,115)/t55-,56-,63+,64+,65+,66+,67+,68+,69-,70-,71+/m1/s1. The zero-order chi connectivity index (χ0) is 86.6. The first-order valence-electron chi connectivity index (χ1n) is 39.6. The van der Waals surface area contributed by atoms with Gasteiger partial charge >= 0.3 is 30.5 Å². The van der Waals surface area contributed by atoms with E-state index >= 15 is 24.0 Å². The van der Waals surface area contributed by atoms with E-state index in [0.29, 0.717) is 33.4 Å². The van der Waals surface area contributed by atoms with E-state index in [-0.39, 0.29) is 90.7 Å². The number of alkyl carbamates (subject to hydrolysis) is 5. The van der Waals surface area contributed by atoms with Gasteiger partial charge in [-0.05, 0) is 105 Å². The van der Waals surface area contributed by atoms with Gasteiger partial charge in [0.1, 0.15) is 87.4 Å². The SMILES string of the molecule is CC(C)C[C@@H]1NC(=O)[C@@H](Cc2ccccc2)NC(=O)[C@H](CCNC(=O)OCc2ccccc2)NC(=O)[C@@H](NC(=O)[C@H](CCNC(=O)OCc2ccccc2)NC(=O)[C@@H](NC(=O)OCc2ccccc2)[C@@H](C)O)CCCCNC(=O)[C@@H]([C@@H](C)O)NC(=O)[C@H](CCNC(=O)OCc2ccccc2)NC(=O)[C@H](CCNC(=O)OCc2ccccc2)NC1=O. The molecule has 120 heavy (non-hydrogen) atoms. The summed E-state index contributed by atoms with van der Waals surface area (Å²) < 4.78 is 26.9. The summed E-state index contributed by atoms with van der Waals surface area (Å²) in [5, 5.41) is 58.3. The highest BCUT2D eigenvalue weighted by molar-refractivity contribution is 5.99. The van der Waals surface area contributed by atoms with Crippen molar-refractivity contribution in [3.63, 3.8) is 0 Å². The van der Waals surface area contributed by atoms with E-state index in [1.54, 1.807) is 196 Å². The molecular formula is C85H108N14O21. The Morgan fingerprint density at radius 1 is 0.383 bits per heavy atom. The smallest absolute Gasteiger partial charge is 0.408 e. The van der Waals surface area contributed by atoms with Gasteiger partial charge in [-0.3, -0.25) is 43.2 Å². The molecule has 1 aliphatic rings. The van der Waals surface area contributed by atoms with Gasteiger partial charge in [-0.25, -0.2) is 24.0 Å². The maximum Gasteiger partial charge on any atom is 0.408 e. The first-order valence-corrected chi connectivity index (χ1v) is 39.6. The second-order valence-corrected chi connectivity index (χ2v) is 28.8. The lowest BCUT2D eigenvalue weighted by Crippen LogP contribution is -2.61. The third-order valence-electron chi connectivity index (χ3n) is 18.6. The van der Waals surface area contributed by atoms with E-state index < -0.39 is 189 Å². The topological polar surface area (TPSA) is 494 Å². The highest BCUT2D eigenvalue weighted by Gasteiger charge is 2.38. The predicted octanol–water partition coefficient (Wildman–Crippen LogP) is 3.78. The minimum absolute atomic E-state index is 0.0341. The van der Waals surface area contributed by atoms with E-state index in [1.807, 2.05) is 0 Å². The fraction of sp³-hybridized carbons (Fsp3) is 0.412. The molecule has 6 aromatic carbocycles. The molecule has 0 radical (unpaired) electrons. The summed E-state index contributed by atoms with van der Waals surface area (Å²) in [5.41, 5.74) is 3.65. The molecule has 0 spiro atoms. The molecule has 6 aromatic rings. The largest absolute Gasteiger partial charge is 0.445 e. The maximum atomic E-state index is 15.4. The average molecular weight is 1660 g/mol. The molecule has 14 amide bonds. The van der Waals surface area contributed by atoms with Crippen molar-refractivity contribution in [3.05, 3.63) is 215 Å². The third kappa shape index (κ3) is 34.9. The molecule has 644 valence electrons. The van der Waals surface area contributed by atoms with Gasteiger partial charge in [-0.2, -0.15) is 0 Å². The normalized spacial score (nSPS) is 18.8. The second kappa shape index (κ2) is 51.1. The van der Waals surface area contributed by atoms with Gasteiger partial charge in [0.2, 0.25) is 53.2 Å². The van der Waals surface area contributed by atoms with Crippen LogP contribution in [-0.4, -0.2) is 193 Å². The molecule has 7 rings (SSSR count). The molecule has 0 aliphatic carbocycles. The van der Waals surface area contributed by atoms with Gasteiger partial charge in [0.25, 0.3) is 0 Å². The molecule has 0 aromatic heterocycles. The number of aliphatic hydroxyl groups excluding tert-OH is 2. The molecular weight excluding hydrogens is 1550 g/mol. The number of ether oxygens (including phenoxy) is 5. The summed E-state index contributed by atoms with van der Waals surface area (Å²) in [7, 11) is 0. The van der Waals surface area contributed by atoms with E-state index in [1.165, 1.54) is 13.8 Å². The van der Waals surface area contributed by atoms with Gasteiger partial charge in [0, 0.05) is 39.1 Å². The Morgan fingerprint density at radius 3 is 1.12 bits per heavy atom. The first kappa shape index (κ1) is 94.0. The maximum absolute atomic E-state index is 15.4. The highest BCUT2D eigenvalue weighted by Crippen LogP contribution is 2.15. The Morgan fingerprint density at radius 2 is 0.725 bits per heavy atom. The molecule has 0 saturated carbocycles. The lowest BCUT2D eigenvalue weighted by atomic mass is 10.00. The van der Waals surface area contributed by atoms with Crippen LogP contribution in [0.4, 0.5) is 24.0 Å². The number of aliphatic hydroxyl groups is 2. The number of hydrogen-bond donors (Lipinski definition) is 16. The predicted molar refractivity (Wildman–Crippen MR) is 436 cm³/mol. The van der Waals surface area contributed by atoms with E-state index in [9.17, 15) is 53.4 Å². The fourth-order valence-corrected chi connectivity index (χ4v) is 12.1. The zero-order valence-corrected chi connectivity index (χ0v) is 67.3. The average Bonchev–Trinajstić information content (AvgIpc) is 0.915. The summed E-state index contributed by atoms with van der Waals surface area (Å²) in [6.45, 7) is 3.25. The quantitative estimate of drug-likeness (QED) is 0.0261. The number of rotatable bonds is 33. The van der Waals surface area contributed by atoms with Crippen LogP contribution in [0.15, 0.2) is 182 Å². The molecule has 11 atom stereocenters. The molecule has 1 heterocycles. The van der Waals surface area contributed by atoms with Crippen LogP contribution in [-0.2, 0) is 106 Å². The van der Waals surface area contributed by atoms with Crippen LogP contribution in [0.3, 0.4) is 0 Å². The molecule has 16 N–H and O–H groups in total. The Hall–Kier alpha value is -13.2. The number of carbonyl (C=O) groups excluding carboxylic acids is 14. The highest BCUT2D eigenvalue weighted by atomic mass is 16.6. The minimum atomic E-state index is -1.79. The van der Waals surface area contributed by atoms with Crippen molar-refractivity contribution in [1.82, 2.24) is 74.4 Å². The number of nitrogens with one attached hydrogen (secondary N) is 14. The van der Waals surface area contributed by atoms with Crippen molar-refractivity contribution in [1.29, 1.82) is 0 Å². The number of amides is 14.